The number of aromatic nitrogens is 4. The lowest BCUT2D eigenvalue weighted by atomic mass is 10.1. The second kappa shape index (κ2) is 6.77. The molecule has 1 N–H and O–H groups in total. The number of amides is 1. The fourth-order valence-corrected chi connectivity index (χ4v) is 2.65. The number of halogens is 3. The molecule has 1 amide bonds. The fourth-order valence-electron chi connectivity index (χ4n) is 2.65. The van der Waals surface area contributed by atoms with Crippen LogP contribution < -0.4 is 10.9 Å². The molecule has 28 heavy (non-hydrogen) atoms. The number of carbonyl (C=O) groups excluding carboxylic acids is 1. The Morgan fingerprint density at radius 1 is 1.14 bits per heavy atom. The van der Waals surface area contributed by atoms with Gasteiger partial charge in [-0.2, -0.15) is 18.3 Å². The Balaban J connectivity index is 1.78. The molecule has 0 saturated carbocycles. The van der Waals surface area contributed by atoms with Crippen molar-refractivity contribution in [3.8, 4) is 0 Å². The summed E-state index contributed by atoms with van der Waals surface area (Å²) in [5.41, 5.74) is -0.999. The van der Waals surface area contributed by atoms with Gasteiger partial charge in [0.1, 0.15) is 18.3 Å². The summed E-state index contributed by atoms with van der Waals surface area (Å²) in [7, 11) is 0. The van der Waals surface area contributed by atoms with Gasteiger partial charge in [-0.1, -0.05) is 0 Å². The Morgan fingerprint density at radius 2 is 1.79 bits per heavy atom. The quantitative estimate of drug-likeness (QED) is 0.742. The van der Waals surface area contributed by atoms with Crippen molar-refractivity contribution in [2.24, 2.45) is 0 Å². The highest BCUT2D eigenvalue weighted by molar-refractivity contribution is 5.90. The maximum absolute atomic E-state index is 12.6. The first-order chi connectivity index (χ1) is 13.0. The van der Waals surface area contributed by atoms with Gasteiger partial charge in [-0.05, 0) is 45.0 Å². The summed E-state index contributed by atoms with van der Waals surface area (Å²) in [5.74, 6) is -0.564. The molecule has 7 nitrogen and oxygen atoms in total. The number of anilines is 1. The number of fused-ring (bicyclic) bond motifs is 1. The number of nitrogens with zero attached hydrogens (tertiary/aromatic N) is 4. The van der Waals surface area contributed by atoms with Gasteiger partial charge in [-0.25, -0.2) is 9.67 Å². The van der Waals surface area contributed by atoms with E-state index in [9.17, 15) is 22.8 Å². The largest absolute Gasteiger partial charge is 0.416 e. The number of carbonyl (C=O) groups is 1. The van der Waals surface area contributed by atoms with E-state index < -0.39 is 23.2 Å². The van der Waals surface area contributed by atoms with Crippen LogP contribution in [-0.2, 0) is 23.1 Å². The fraction of sp³-hybridized carbons (Fsp3) is 0.333. The minimum Gasteiger partial charge on any atom is -0.325 e. The van der Waals surface area contributed by atoms with E-state index in [2.05, 4.69) is 15.4 Å². The van der Waals surface area contributed by atoms with Crippen molar-refractivity contribution in [3.05, 3.63) is 52.7 Å². The molecule has 148 valence electrons. The zero-order chi connectivity index (χ0) is 20.7. The third-order valence-electron chi connectivity index (χ3n) is 4.00. The first-order valence-electron chi connectivity index (χ1n) is 8.37. The lowest BCUT2D eigenvalue weighted by Crippen LogP contribution is -2.29. The zero-order valence-corrected chi connectivity index (χ0v) is 15.4. The third-order valence-corrected chi connectivity index (χ3v) is 4.00. The SMILES string of the molecule is CC(C)(C)n1ncc2c(=O)n(CC(=O)Nc3ccc(C(F)(F)F)cc3)cnc21. The number of nitrogens with one attached hydrogen (secondary N) is 1. The van der Waals surface area contributed by atoms with Gasteiger partial charge in [0.2, 0.25) is 5.91 Å². The topological polar surface area (TPSA) is 81.8 Å². The molecular formula is C18H18F3N5O2. The van der Waals surface area contributed by atoms with E-state index in [1.807, 2.05) is 20.8 Å². The predicted octanol–water partition coefficient (Wildman–Crippen LogP) is 3.01. The molecule has 0 aliphatic rings. The molecular weight excluding hydrogens is 375 g/mol. The van der Waals surface area contributed by atoms with E-state index in [0.29, 0.717) is 5.65 Å². The number of benzene rings is 1. The van der Waals surface area contributed by atoms with Crippen LogP contribution in [0.3, 0.4) is 0 Å². The summed E-state index contributed by atoms with van der Waals surface area (Å²) in [6.45, 7) is 5.43. The van der Waals surface area contributed by atoms with Crippen LogP contribution in [-0.4, -0.2) is 25.2 Å². The van der Waals surface area contributed by atoms with Crippen molar-refractivity contribution in [2.45, 2.75) is 39.0 Å². The van der Waals surface area contributed by atoms with E-state index in [4.69, 9.17) is 0 Å². The maximum atomic E-state index is 12.6. The molecule has 0 atom stereocenters. The van der Waals surface area contributed by atoms with Crippen molar-refractivity contribution < 1.29 is 18.0 Å². The van der Waals surface area contributed by atoms with Gasteiger partial charge in [-0.15, -0.1) is 0 Å². The van der Waals surface area contributed by atoms with E-state index in [-0.39, 0.29) is 23.2 Å². The standard InChI is InChI=1S/C18H18F3N5O2/c1-17(2,3)26-15-13(8-23-26)16(28)25(10-22-15)9-14(27)24-12-6-4-11(5-7-12)18(19,20)21/h4-8,10H,9H2,1-3H3,(H,24,27). The van der Waals surface area contributed by atoms with Crippen LogP contribution in [0.1, 0.15) is 26.3 Å². The highest BCUT2D eigenvalue weighted by Crippen LogP contribution is 2.29. The highest BCUT2D eigenvalue weighted by atomic mass is 19.4. The Hall–Kier alpha value is -3.17. The third kappa shape index (κ3) is 3.90. The monoisotopic (exact) mass is 393 g/mol. The first-order valence-corrected chi connectivity index (χ1v) is 8.37. The molecule has 3 rings (SSSR count). The summed E-state index contributed by atoms with van der Waals surface area (Å²) in [4.78, 5) is 29.0. The van der Waals surface area contributed by atoms with Gasteiger partial charge >= 0.3 is 6.18 Å². The first kappa shape index (κ1) is 19.6. The molecule has 0 bridgehead atoms. The van der Waals surface area contributed by atoms with Crippen LogP contribution in [0.15, 0.2) is 41.6 Å². The number of rotatable bonds is 3. The second-order valence-electron chi connectivity index (χ2n) is 7.27. The molecule has 0 aliphatic heterocycles. The van der Waals surface area contributed by atoms with Crippen molar-refractivity contribution in [3.63, 3.8) is 0 Å². The maximum Gasteiger partial charge on any atom is 0.416 e. The van der Waals surface area contributed by atoms with Crippen LogP contribution in [0.25, 0.3) is 11.0 Å². The summed E-state index contributed by atoms with van der Waals surface area (Å²) in [6.07, 6.45) is -1.80. The molecule has 2 aromatic heterocycles. The van der Waals surface area contributed by atoms with Crippen LogP contribution >= 0.6 is 0 Å². The molecule has 0 saturated heterocycles. The zero-order valence-electron chi connectivity index (χ0n) is 15.4. The molecule has 0 aliphatic carbocycles. The molecule has 0 spiro atoms. The molecule has 3 aromatic rings. The van der Waals surface area contributed by atoms with Gasteiger partial charge in [0.05, 0.1) is 17.3 Å². The predicted molar refractivity (Wildman–Crippen MR) is 96.9 cm³/mol. The summed E-state index contributed by atoms with van der Waals surface area (Å²) >= 11 is 0. The molecule has 0 unspecified atom stereocenters. The van der Waals surface area contributed by atoms with Crippen molar-refractivity contribution in [1.29, 1.82) is 0 Å². The Morgan fingerprint density at radius 3 is 2.36 bits per heavy atom. The van der Waals surface area contributed by atoms with E-state index >= 15 is 0 Å². The highest BCUT2D eigenvalue weighted by Gasteiger charge is 2.30. The average Bonchev–Trinajstić information content (AvgIpc) is 3.02. The Labute approximate surface area is 157 Å². The van der Waals surface area contributed by atoms with Crippen LogP contribution in [0.4, 0.5) is 18.9 Å². The van der Waals surface area contributed by atoms with Gasteiger partial charge in [0, 0.05) is 5.69 Å². The molecule has 0 fully saturated rings. The van der Waals surface area contributed by atoms with Crippen LogP contribution in [0, 0.1) is 0 Å². The van der Waals surface area contributed by atoms with Gasteiger partial charge in [0.25, 0.3) is 5.56 Å². The van der Waals surface area contributed by atoms with Gasteiger partial charge in [-0.3, -0.25) is 14.2 Å². The number of hydrogen-bond acceptors (Lipinski definition) is 4. The number of alkyl halides is 3. The summed E-state index contributed by atoms with van der Waals surface area (Å²) < 4.78 is 40.5. The van der Waals surface area contributed by atoms with Gasteiger partial charge in [0.15, 0.2) is 5.65 Å². The van der Waals surface area contributed by atoms with E-state index in [1.54, 1.807) is 4.68 Å². The average molecular weight is 393 g/mol. The van der Waals surface area contributed by atoms with Crippen LogP contribution in [0.5, 0.6) is 0 Å². The number of hydrogen-bond donors (Lipinski definition) is 1. The molecule has 0 radical (unpaired) electrons. The van der Waals surface area contributed by atoms with Crippen molar-refractivity contribution >= 4 is 22.6 Å². The van der Waals surface area contributed by atoms with E-state index in [0.717, 1.165) is 28.8 Å². The molecule has 1 aromatic carbocycles. The lowest BCUT2D eigenvalue weighted by molar-refractivity contribution is -0.137. The Bertz CT molecular complexity index is 1080. The summed E-state index contributed by atoms with van der Waals surface area (Å²) in [5, 5.41) is 6.93. The lowest BCUT2D eigenvalue weighted by Gasteiger charge is -2.19. The van der Waals surface area contributed by atoms with Gasteiger partial charge < -0.3 is 5.32 Å². The second-order valence-corrected chi connectivity index (χ2v) is 7.27. The van der Waals surface area contributed by atoms with E-state index in [1.165, 1.54) is 12.5 Å². The summed E-state index contributed by atoms with van der Waals surface area (Å²) in [6, 6.07) is 4.04. The van der Waals surface area contributed by atoms with Crippen LogP contribution in [0.2, 0.25) is 0 Å². The van der Waals surface area contributed by atoms with Crippen molar-refractivity contribution in [2.75, 3.05) is 5.32 Å². The minimum atomic E-state index is -4.45. The Kier molecular flexibility index (Phi) is 4.74. The normalized spacial score (nSPS) is 12.4. The molecule has 10 heteroatoms. The van der Waals surface area contributed by atoms with Crippen molar-refractivity contribution in [1.82, 2.24) is 19.3 Å². The minimum absolute atomic E-state index is 0.195. The smallest absolute Gasteiger partial charge is 0.325 e. The molecule has 2 heterocycles.